The molecule has 1 fully saturated rings. The molecule has 26 heavy (non-hydrogen) atoms. The van der Waals surface area contributed by atoms with Gasteiger partial charge in [0.05, 0.1) is 16.4 Å². The smallest absolute Gasteiger partial charge is 0.261 e. The van der Waals surface area contributed by atoms with E-state index in [1.807, 2.05) is 23.8 Å². The Bertz CT molecular complexity index is 901. The molecule has 3 aromatic rings. The molecule has 0 aliphatic carbocycles. The quantitative estimate of drug-likeness (QED) is 0.675. The van der Waals surface area contributed by atoms with Crippen molar-refractivity contribution < 1.29 is 9.53 Å². The molecule has 2 N–H and O–H groups in total. The van der Waals surface area contributed by atoms with Gasteiger partial charge in [0.25, 0.3) is 5.91 Å². The van der Waals surface area contributed by atoms with Gasteiger partial charge in [-0.2, -0.15) is 11.3 Å². The van der Waals surface area contributed by atoms with Crippen LogP contribution < -0.4 is 10.6 Å². The minimum Gasteiger partial charge on any atom is -0.376 e. The number of hydrogen-bond donors (Lipinski definition) is 2. The minimum absolute atomic E-state index is 0.0678. The summed E-state index contributed by atoms with van der Waals surface area (Å²) in [5.41, 5.74) is 2.03. The van der Waals surface area contributed by atoms with Gasteiger partial charge in [0.15, 0.2) is 0 Å². The average Bonchev–Trinajstić information content (AvgIpc) is 3.40. The number of nitrogens with zero attached hydrogens (tertiary/aromatic N) is 2. The van der Waals surface area contributed by atoms with Gasteiger partial charge in [0.2, 0.25) is 0 Å². The molecular weight excluding hydrogens is 368 g/mol. The molecule has 0 unspecified atom stereocenters. The minimum atomic E-state index is -0.0678. The van der Waals surface area contributed by atoms with Gasteiger partial charge in [-0.05, 0) is 47.7 Å². The number of nitrogens with one attached hydrogen (secondary N) is 2. The molecule has 0 aromatic carbocycles. The van der Waals surface area contributed by atoms with Crippen LogP contribution in [0.3, 0.4) is 0 Å². The first kappa shape index (κ1) is 17.4. The van der Waals surface area contributed by atoms with Crippen molar-refractivity contribution in [3.8, 4) is 0 Å². The zero-order valence-corrected chi connectivity index (χ0v) is 16.1. The Morgan fingerprint density at radius 3 is 3.12 bits per heavy atom. The van der Waals surface area contributed by atoms with Gasteiger partial charge in [0.1, 0.15) is 17.0 Å². The van der Waals surface area contributed by atoms with Crippen LogP contribution in [0.25, 0.3) is 10.2 Å². The molecule has 1 aliphatic rings. The predicted octanol–water partition coefficient (Wildman–Crippen LogP) is 3.58. The first-order valence-corrected chi connectivity index (χ1v) is 10.4. The number of ether oxygens (including phenoxy) is 1. The molecule has 1 amide bonds. The Balaban J connectivity index is 1.53. The molecular formula is C18H20N4O2S2. The molecule has 1 aliphatic heterocycles. The summed E-state index contributed by atoms with van der Waals surface area (Å²) in [4.78, 5) is 22.9. The van der Waals surface area contributed by atoms with E-state index < -0.39 is 0 Å². The van der Waals surface area contributed by atoms with Crippen molar-refractivity contribution in [2.45, 2.75) is 32.4 Å². The van der Waals surface area contributed by atoms with Crippen molar-refractivity contribution in [3.05, 3.63) is 39.2 Å². The highest BCUT2D eigenvalue weighted by Crippen LogP contribution is 2.33. The lowest BCUT2D eigenvalue weighted by Gasteiger charge is -2.12. The summed E-state index contributed by atoms with van der Waals surface area (Å²) in [5, 5.41) is 11.3. The Hall–Kier alpha value is -2.03. The van der Waals surface area contributed by atoms with Crippen LogP contribution >= 0.6 is 22.7 Å². The van der Waals surface area contributed by atoms with Gasteiger partial charge >= 0.3 is 0 Å². The number of carbonyl (C=O) groups is 1. The fourth-order valence-corrected chi connectivity index (χ4v) is 4.83. The molecule has 0 spiro atoms. The Morgan fingerprint density at radius 1 is 1.42 bits per heavy atom. The van der Waals surface area contributed by atoms with E-state index in [4.69, 9.17) is 4.74 Å². The summed E-state index contributed by atoms with van der Waals surface area (Å²) >= 11 is 3.04. The Kier molecular flexibility index (Phi) is 5.14. The van der Waals surface area contributed by atoms with Crippen LogP contribution in [0.15, 0.2) is 23.2 Å². The van der Waals surface area contributed by atoms with Crippen molar-refractivity contribution in [1.29, 1.82) is 0 Å². The largest absolute Gasteiger partial charge is 0.376 e. The first-order chi connectivity index (χ1) is 12.7. The lowest BCUT2D eigenvalue weighted by Crippen LogP contribution is -2.22. The number of anilines is 1. The van der Waals surface area contributed by atoms with Gasteiger partial charge in [-0.1, -0.05) is 0 Å². The number of carbonyl (C=O) groups excluding carboxylic acids is 1. The van der Waals surface area contributed by atoms with E-state index in [0.29, 0.717) is 11.4 Å². The van der Waals surface area contributed by atoms with Crippen LogP contribution in [0.5, 0.6) is 0 Å². The second-order valence-electron chi connectivity index (χ2n) is 6.29. The van der Waals surface area contributed by atoms with E-state index in [1.165, 1.54) is 11.3 Å². The van der Waals surface area contributed by atoms with E-state index >= 15 is 0 Å². The lowest BCUT2D eigenvalue weighted by molar-refractivity contribution is 0.0954. The van der Waals surface area contributed by atoms with Crippen molar-refractivity contribution in [2.24, 2.45) is 0 Å². The fraction of sp³-hybridized carbons (Fsp3) is 0.389. The van der Waals surface area contributed by atoms with Crippen LogP contribution in [-0.2, 0) is 11.3 Å². The molecule has 136 valence electrons. The van der Waals surface area contributed by atoms with Gasteiger partial charge in [0, 0.05) is 19.7 Å². The summed E-state index contributed by atoms with van der Waals surface area (Å²) in [5.74, 6) is 0.706. The lowest BCUT2D eigenvalue weighted by atomic mass is 10.2. The average molecular weight is 389 g/mol. The predicted molar refractivity (Wildman–Crippen MR) is 105 cm³/mol. The van der Waals surface area contributed by atoms with Crippen LogP contribution in [0.4, 0.5) is 5.82 Å². The number of aryl methyl sites for hydroxylation is 1. The second-order valence-corrected chi connectivity index (χ2v) is 8.07. The summed E-state index contributed by atoms with van der Waals surface area (Å²) in [6.45, 7) is 4.04. The summed E-state index contributed by atoms with van der Waals surface area (Å²) in [6, 6.07) is 2.02. The van der Waals surface area contributed by atoms with E-state index in [9.17, 15) is 4.79 Å². The zero-order chi connectivity index (χ0) is 17.9. The van der Waals surface area contributed by atoms with Crippen molar-refractivity contribution in [1.82, 2.24) is 15.3 Å². The third-order valence-electron chi connectivity index (χ3n) is 4.49. The Morgan fingerprint density at radius 2 is 2.35 bits per heavy atom. The van der Waals surface area contributed by atoms with Crippen molar-refractivity contribution in [3.63, 3.8) is 0 Å². The molecule has 4 rings (SSSR count). The van der Waals surface area contributed by atoms with Crippen LogP contribution in [0, 0.1) is 6.92 Å². The molecule has 0 radical (unpaired) electrons. The van der Waals surface area contributed by atoms with E-state index in [0.717, 1.165) is 53.2 Å². The van der Waals surface area contributed by atoms with E-state index in [2.05, 4.69) is 20.6 Å². The van der Waals surface area contributed by atoms with Crippen LogP contribution in [-0.4, -0.2) is 35.1 Å². The summed E-state index contributed by atoms with van der Waals surface area (Å²) in [7, 11) is 0. The van der Waals surface area contributed by atoms with Crippen molar-refractivity contribution in [2.75, 3.05) is 18.5 Å². The van der Waals surface area contributed by atoms with E-state index in [1.54, 1.807) is 17.7 Å². The highest BCUT2D eigenvalue weighted by molar-refractivity contribution is 7.20. The number of rotatable bonds is 6. The standard InChI is InChI=1S/C18H20N4O2S2/c1-11-14-16(19-8-13-3-2-5-24-13)21-10-22-18(14)26-15(11)17(23)20-7-12-4-6-25-9-12/h4,6,9-10,13H,2-3,5,7-8H2,1H3,(H,20,23)(H,19,21,22)/t13-/m1/s1. The van der Waals surface area contributed by atoms with Crippen LogP contribution in [0.2, 0.25) is 0 Å². The SMILES string of the molecule is Cc1c(C(=O)NCc2ccsc2)sc2ncnc(NC[C@H]3CCCO3)c12. The van der Waals surface area contributed by atoms with Crippen molar-refractivity contribution >= 4 is 44.6 Å². The topological polar surface area (TPSA) is 76.1 Å². The van der Waals surface area contributed by atoms with Gasteiger partial charge in [-0.3, -0.25) is 4.79 Å². The van der Waals surface area contributed by atoms with Gasteiger partial charge in [-0.15, -0.1) is 11.3 Å². The maximum Gasteiger partial charge on any atom is 0.261 e. The van der Waals surface area contributed by atoms with Gasteiger partial charge in [-0.25, -0.2) is 9.97 Å². The fourth-order valence-electron chi connectivity index (χ4n) is 3.09. The molecule has 3 aromatic heterocycles. The van der Waals surface area contributed by atoms with Crippen LogP contribution in [0.1, 0.15) is 33.6 Å². The highest BCUT2D eigenvalue weighted by atomic mass is 32.1. The first-order valence-electron chi connectivity index (χ1n) is 8.61. The number of amides is 1. The summed E-state index contributed by atoms with van der Waals surface area (Å²) < 4.78 is 5.66. The maximum absolute atomic E-state index is 12.6. The number of hydrogen-bond acceptors (Lipinski definition) is 7. The second kappa shape index (κ2) is 7.69. The molecule has 0 bridgehead atoms. The number of aromatic nitrogens is 2. The number of thiophene rings is 2. The maximum atomic E-state index is 12.6. The Labute approximate surface area is 159 Å². The highest BCUT2D eigenvalue weighted by Gasteiger charge is 2.20. The third kappa shape index (κ3) is 3.58. The molecule has 1 atom stereocenters. The normalized spacial score (nSPS) is 16.9. The molecule has 6 nitrogen and oxygen atoms in total. The number of fused-ring (bicyclic) bond motifs is 1. The third-order valence-corrected chi connectivity index (χ3v) is 6.42. The summed E-state index contributed by atoms with van der Waals surface area (Å²) in [6.07, 6.45) is 3.95. The van der Waals surface area contributed by atoms with E-state index in [-0.39, 0.29) is 12.0 Å². The molecule has 1 saturated heterocycles. The zero-order valence-electron chi connectivity index (χ0n) is 14.4. The molecule has 0 saturated carbocycles. The monoisotopic (exact) mass is 388 g/mol. The molecule has 8 heteroatoms. The van der Waals surface area contributed by atoms with Gasteiger partial charge < -0.3 is 15.4 Å². The molecule has 4 heterocycles.